The molecule has 1 N–H and O–H groups in total. The fraction of sp³-hybridized carbons (Fsp3) is 0.361. The average Bonchev–Trinajstić information content (AvgIpc) is 3.79. The Morgan fingerprint density at radius 2 is 1.67 bits per heavy atom. The molecule has 2 aromatic heterocycles. The van der Waals surface area contributed by atoms with Crippen molar-refractivity contribution >= 4 is 28.3 Å². The second-order valence-corrected chi connectivity index (χ2v) is 14.2. The monoisotopic (exact) mass is 637 g/mol. The minimum atomic E-state index is -0.0921. The van der Waals surface area contributed by atoms with Gasteiger partial charge in [-0.15, -0.1) is 11.3 Å². The fourth-order valence-corrected chi connectivity index (χ4v) is 7.24. The van der Waals surface area contributed by atoms with E-state index < -0.39 is 0 Å². The Kier molecular flexibility index (Phi) is 8.16. The molecule has 2 aliphatic heterocycles. The third-order valence-corrected chi connectivity index (χ3v) is 9.77. The molecule has 2 aliphatic rings. The normalized spacial score (nSPS) is 15.3. The summed E-state index contributed by atoms with van der Waals surface area (Å²) in [7, 11) is 0. The Hall–Kier alpha value is -4.41. The molecule has 0 spiro atoms. The van der Waals surface area contributed by atoms with Gasteiger partial charge in [-0.25, -0.2) is 9.78 Å². The zero-order chi connectivity index (χ0) is 31.8. The molecule has 7 rings (SSSR count). The smallest absolute Gasteiger partial charge is 0.326 e. The second-order valence-electron chi connectivity index (χ2n) is 13.2. The van der Waals surface area contributed by atoms with E-state index in [1.165, 1.54) is 22.5 Å². The van der Waals surface area contributed by atoms with Crippen molar-refractivity contribution in [2.45, 2.75) is 64.7 Å². The van der Waals surface area contributed by atoms with Crippen LogP contribution in [-0.4, -0.2) is 50.1 Å². The number of nitrogens with zero attached hydrogens (tertiary/aromatic N) is 4. The molecule has 0 radical (unpaired) electrons. The molecular formula is C36H39N5O4S. The number of H-pyrrole nitrogens is 1. The van der Waals surface area contributed by atoms with Gasteiger partial charge in [0.05, 0.1) is 17.6 Å². The summed E-state index contributed by atoms with van der Waals surface area (Å²) >= 11 is 1.52. The van der Waals surface area contributed by atoms with Gasteiger partial charge in [0.2, 0.25) is 6.79 Å². The molecule has 0 unspecified atom stereocenters. The molecule has 3 aromatic carbocycles. The number of aromatic amines is 1. The van der Waals surface area contributed by atoms with Crippen molar-refractivity contribution in [3.05, 3.63) is 110 Å². The lowest BCUT2D eigenvalue weighted by Gasteiger charge is -2.32. The lowest BCUT2D eigenvalue weighted by molar-refractivity contribution is 0.0689. The molecule has 238 valence electrons. The van der Waals surface area contributed by atoms with Gasteiger partial charge < -0.3 is 19.4 Å². The Balaban J connectivity index is 1.04. The van der Waals surface area contributed by atoms with Crippen LogP contribution in [0.15, 0.2) is 76.9 Å². The average molecular weight is 638 g/mol. The summed E-state index contributed by atoms with van der Waals surface area (Å²) in [5, 5.41) is 2.78. The second kappa shape index (κ2) is 12.4. The van der Waals surface area contributed by atoms with Crippen LogP contribution in [0.2, 0.25) is 0 Å². The quantitative estimate of drug-likeness (QED) is 0.209. The van der Waals surface area contributed by atoms with Crippen LogP contribution < -0.4 is 15.2 Å². The first-order valence-corrected chi connectivity index (χ1v) is 16.7. The molecule has 0 bridgehead atoms. The van der Waals surface area contributed by atoms with Crippen LogP contribution in [0.25, 0.3) is 11.0 Å². The number of thiazole rings is 1. The van der Waals surface area contributed by atoms with E-state index >= 15 is 0 Å². The zero-order valence-electron chi connectivity index (χ0n) is 26.5. The number of hydrogen-bond acceptors (Lipinski definition) is 7. The molecule has 5 aromatic rings. The van der Waals surface area contributed by atoms with E-state index in [4.69, 9.17) is 14.5 Å². The zero-order valence-corrected chi connectivity index (χ0v) is 27.3. The molecule has 4 heterocycles. The first-order valence-electron chi connectivity index (χ1n) is 15.8. The summed E-state index contributed by atoms with van der Waals surface area (Å²) < 4.78 is 13.0. The van der Waals surface area contributed by atoms with Gasteiger partial charge in [-0.2, -0.15) is 0 Å². The highest BCUT2D eigenvalue weighted by Gasteiger charge is 2.28. The number of likely N-dealkylation sites (tertiary alicyclic amines) is 1. The molecule has 1 amide bonds. The Morgan fingerprint density at radius 3 is 2.46 bits per heavy atom. The van der Waals surface area contributed by atoms with Crippen LogP contribution in [-0.2, 0) is 25.0 Å². The van der Waals surface area contributed by atoms with Crippen LogP contribution in [0.5, 0.6) is 11.5 Å². The summed E-state index contributed by atoms with van der Waals surface area (Å²) in [5.41, 5.74) is 5.90. The fourth-order valence-electron chi connectivity index (χ4n) is 6.43. The number of aromatic nitrogens is 3. The molecular weight excluding hydrogens is 598 g/mol. The number of hydrogen-bond donors (Lipinski definition) is 1. The minimum absolute atomic E-state index is 0.0488. The van der Waals surface area contributed by atoms with Crippen molar-refractivity contribution in [2.75, 3.05) is 19.9 Å². The van der Waals surface area contributed by atoms with Crippen LogP contribution in [0.1, 0.15) is 71.8 Å². The highest BCUT2D eigenvalue weighted by molar-refractivity contribution is 7.09. The molecule has 9 nitrogen and oxygen atoms in total. The predicted octanol–water partition coefficient (Wildman–Crippen LogP) is 6.49. The van der Waals surface area contributed by atoms with Gasteiger partial charge >= 0.3 is 5.69 Å². The third kappa shape index (κ3) is 6.32. The predicted molar refractivity (Wildman–Crippen MR) is 180 cm³/mol. The van der Waals surface area contributed by atoms with E-state index in [-0.39, 0.29) is 29.8 Å². The molecule has 0 atom stereocenters. The number of fused-ring (bicyclic) bond motifs is 2. The minimum Gasteiger partial charge on any atom is -0.454 e. The van der Waals surface area contributed by atoms with Crippen LogP contribution in [0.3, 0.4) is 0 Å². The standard InChI is InChI=1S/C36H39N5O4S/c1-36(2,3)26-11-8-24(9-12-26)19-39(20-25-10-13-31-32(18-25)45-23-44-31)21-33-37-29(22-46-33)34(42)40-16-14-27(15-17-40)41-30-7-5-4-6-28(30)38-35(41)43/h4-13,18,22,27H,14-17,19-21,23H2,1-3H3,(H,38,43). The van der Waals surface area contributed by atoms with Crippen molar-refractivity contribution in [2.24, 2.45) is 0 Å². The highest BCUT2D eigenvalue weighted by atomic mass is 32.1. The van der Waals surface area contributed by atoms with Crippen molar-refractivity contribution in [1.29, 1.82) is 0 Å². The van der Waals surface area contributed by atoms with E-state index in [1.807, 2.05) is 51.2 Å². The number of piperidine rings is 1. The molecule has 0 saturated carbocycles. The van der Waals surface area contributed by atoms with E-state index in [9.17, 15) is 9.59 Å². The number of imidazole rings is 1. The molecule has 1 fully saturated rings. The third-order valence-electron chi connectivity index (χ3n) is 8.94. The summed E-state index contributed by atoms with van der Waals surface area (Å²) in [5.74, 6) is 1.49. The number of rotatable bonds is 8. The van der Waals surface area contributed by atoms with Crippen LogP contribution >= 0.6 is 11.3 Å². The Bertz CT molecular complexity index is 1910. The van der Waals surface area contributed by atoms with Gasteiger partial charge in [-0.1, -0.05) is 63.2 Å². The number of benzene rings is 3. The van der Waals surface area contributed by atoms with E-state index in [1.54, 1.807) is 0 Å². The molecule has 46 heavy (non-hydrogen) atoms. The Labute approximate surface area is 272 Å². The van der Waals surface area contributed by atoms with Gasteiger partial charge in [-0.05, 0) is 59.2 Å². The lowest BCUT2D eigenvalue weighted by Crippen LogP contribution is -2.40. The summed E-state index contributed by atoms with van der Waals surface area (Å²) in [4.78, 5) is 38.2. The van der Waals surface area contributed by atoms with Gasteiger partial charge in [-0.3, -0.25) is 14.3 Å². The van der Waals surface area contributed by atoms with E-state index in [0.717, 1.165) is 52.5 Å². The SMILES string of the molecule is CC(C)(C)c1ccc(CN(Cc2ccc3c(c2)OCO3)Cc2nc(C(=O)N3CCC(n4c(=O)[nH]c5ccccc54)CC3)cs2)cc1. The first-order chi connectivity index (χ1) is 22.2. The maximum absolute atomic E-state index is 13.5. The van der Waals surface area contributed by atoms with Crippen molar-refractivity contribution in [3.8, 4) is 11.5 Å². The number of carbonyl (C=O) groups excluding carboxylic acids is 1. The number of carbonyl (C=O) groups is 1. The van der Waals surface area contributed by atoms with E-state index in [0.29, 0.717) is 31.9 Å². The van der Waals surface area contributed by atoms with Gasteiger partial charge in [0.1, 0.15) is 10.7 Å². The molecule has 10 heteroatoms. The van der Waals surface area contributed by atoms with Gasteiger partial charge in [0, 0.05) is 37.6 Å². The van der Waals surface area contributed by atoms with Crippen molar-refractivity contribution < 1.29 is 14.3 Å². The topological polar surface area (TPSA) is 92.7 Å². The number of amides is 1. The van der Waals surface area contributed by atoms with Gasteiger partial charge in [0.25, 0.3) is 5.91 Å². The van der Waals surface area contributed by atoms with Gasteiger partial charge in [0.15, 0.2) is 11.5 Å². The Morgan fingerprint density at radius 1 is 0.957 bits per heavy atom. The van der Waals surface area contributed by atoms with Crippen molar-refractivity contribution in [3.63, 3.8) is 0 Å². The lowest BCUT2D eigenvalue weighted by atomic mass is 9.87. The molecule has 1 saturated heterocycles. The summed E-state index contributed by atoms with van der Waals surface area (Å²) in [6.45, 7) is 10.1. The summed E-state index contributed by atoms with van der Waals surface area (Å²) in [6, 6.07) is 22.7. The number of ether oxygens (including phenoxy) is 2. The van der Waals surface area contributed by atoms with Crippen LogP contribution in [0.4, 0.5) is 0 Å². The number of nitrogens with one attached hydrogen (secondary N) is 1. The molecule has 0 aliphatic carbocycles. The highest BCUT2D eigenvalue weighted by Crippen LogP contribution is 2.33. The first kappa shape index (κ1) is 30.3. The van der Waals surface area contributed by atoms with Crippen molar-refractivity contribution in [1.82, 2.24) is 24.3 Å². The number of para-hydroxylation sites is 2. The maximum Gasteiger partial charge on any atom is 0.326 e. The summed E-state index contributed by atoms with van der Waals surface area (Å²) in [6.07, 6.45) is 1.45. The van der Waals surface area contributed by atoms with E-state index in [2.05, 4.69) is 61.0 Å². The maximum atomic E-state index is 13.5. The van der Waals surface area contributed by atoms with Crippen LogP contribution in [0, 0.1) is 0 Å². The largest absolute Gasteiger partial charge is 0.454 e.